The maximum atomic E-state index is 12.4. The lowest BCUT2D eigenvalue weighted by molar-refractivity contribution is 0.0922. The fraction of sp³-hybridized carbons (Fsp3) is 0.400. The Bertz CT molecular complexity index is 577. The summed E-state index contributed by atoms with van der Waals surface area (Å²) in [7, 11) is 1.92. The number of aromatic nitrogens is 1. The molecule has 0 spiro atoms. The molecule has 1 atom stereocenters. The minimum absolute atomic E-state index is 0.0354. The van der Waals surface area contributed by atoms with Gasteiger partial charge in [0.2, 0.25) is 0 Å². The quantitative estimate of drug-likeness (QED) is 0.918. The number of carbonyl (C=O) groups excluding carboxylic acids is 1. The molecule has 0 aliphatic carbocycles. The van der Waals surface area contributed by atoms with Crippen molar-refractivity contribution in [3.63, 3.8) is 0 Å². The predicted molar refractivity (Wildman–Crippen MR) is 82.4 cm³/mol. The molecule has 0 bridgehead atoms. The lowest BCUT2D eigenvalue weighted by Crippen LogP contribution is -2.37. The Hall–Kier alpha value is -1.29. The van der Waals surface area contributed by atoms with Gasteiger partial charge in [0, 0.05) is 24.0 Å². The summed E-state index contributed by atoms with van der Waals surface area (Å²) in [6.45, 7) is 6.22. The van der Waals surface area contributed by atoms with Crippen LogP contribution in [0.25, 0.3) is 10.9 Å². The van der Waals surface area contributed by atoms with E-state index in [1.807, 2.05) is 42.8 Å². The Kier molecular flexibility index (Phi) is 3.99. The minimum Gasteiger partial charge on any atom is -0.348 e. The molecule has 1 unspecified atom stereocenters. The highest BCUT2D eigenvalue weighted by Crippen LogP contribution is 2.30. The van der Waals surface area contributed by atoms with Crippen LogP contribution in [0.5, 0.6) is 0 Å². The lowest BCUT2D eigenvalue weighted by Gasteiger charge is -2.17. The van der Waals surface area contributed by atoms with E-state index in [-0.39, 0.29) is 11.9 Å². The maximum Gasteiger partial charge on any atom is 0.269 e. The van der Waals surface area contributed by atoms with Crippen molar-refractivity contribution in [1.82, 2.24) is 9.88 Å². The van der Waals surface area contributed by atoms with Gasteiger partial charge < -0.3 is 9.88 Å². The van der Waals surface area contributed by atoms with E-state index in [4.69, 9.17) is 0 Å². The van der Waals surface area contributed by atoms with E-state index in [0.29, 0.717) is 11.6 Å². The summed E-state index contributed by atoms with van der Waals surface area (Å²) < 4.78 is 2.79. The Labute approximate surface area is 122 Å². The molecule has 2 rings (SSSR count). The second kappa shape index (κ2) is 5.37. The summed E-state index contributed by atoms with van der Waals surface area (Å²) in [6.07, 6.45) is 0. The van der Waals surface area contributed by atoms with E-state index in [1.54, 1.807) is 0 Å². The summed E-state index contributed by atoms with van der Waals surface area (Å²) in [5.74, 6) is 0.379. The highest BCUT2D eigenvalue weighted by molar-refractivity contribution is 9.10. The van der Waals surface area contributed by atoms with Crippen molar-refractivity contribution < 1.29 is 4.79 Å². The summed E-state index contributed by atoms with van der Waals surface area (Å²) in [4.78, 5) is 12.4. The molecular weight excluding hydrogens is 304 g/mol. The molecule has 1 amide bonds. The fourth-order valence-corrected chi connectivity index (χ4v) is 2.82. The molecule has 0 saturated heterocycles. The van der Waals surface area contributed by atoms with Crippen LogP contribution in [-0.2, 0) is 7.05 Å². The van der Waals surface area contributed by atoms with Crippen molar-refractivity contribution in [1.29, 1.82) is 0 Å². The fourth-order valence-electron chi connectivity index (χ4n) is 2.04. The number of nitrogens with one attached hydrogen (secondary N) is 1. The Morgan fingerprint density at radius 3 is 2.47 bits per heavy atom. The maximum absolute atomic E-state index is 12.4. The van der Waals surface area contributed by atoms with Crippen LogP contribution in [0.2, 0.25) is 0 Å². The smallest absolute Gasteiger partial charge is 0.269 e. The van der Waals surface area contributed by atoms with Crippen molar-refractivity contribution >= 4 is 32.7 Å². The molecule has 0 aliphatic heterocycles. The molecule has 3 nitrogen and oxygen atoms in total. The van der Waals surface area contributed by atoms with Crippen LogP contribution in [0.15, 0.2) is 28.7 Å². The van der Waals surface area contributed by atoms with Gasteiger partial charge in [-0.3, -0.25) is 4.79 Å². The summed E-state index contributed by atoms with van der Waals surface area (Å²) in [5, 5.41) is 4.11. The number of fused-ring (bicyclic) bond motifs is 1. The van der Waals surface area contributed by atoms with Crippen molar-refractivity contribution in [3.8, 4) is 0 Å². The highest BCUT2D eigenvalue weighted by atomic mass is 79.9. The molecule has 2 aromatic rings. The molecule has 1 heterocycles. The van der Waals surface area contributed by atoms with Crippen LogP contribution in [0, 0.1) is 5.92 Å². The Morgan fingerprint density at radius 1 is 1.26 bits per heavy atom. The van der Waals surface area contributed by atoms with Crippen molar-refractivity contribution in [2.75, 3.05) is 0 Å². The lowest BCUT2D eigenvalue weighted by atomic mass is 10.1. The van der Waals surface area contributed by atoms with Gasteiger partial charge in [0.05, 0.1) is 4.47 Å². The molecule has 1 N–H and O–H groups in total. The van der Waals surface area contributed by atoms with Gasteiger partial charge in [-0.05, 0) is 34.8 Å². The first-order valence-corrected chi connectivity index (χ1v) is 7.26. The van der Waals surface area contributed by atoms with Gasteiger partial charge >= 0.3 is 0 Å². The van der Waals surface area contributed by atoms with Crippen molar-refractivity contribution in [2.24, 2.45) is 13.0 Å². The van der Waals surface area contributed by atoms with E-state index < -0.39 is 0 Å². The number of aryl methyl sites for hydroxylation is 1. The first-order chi connectivity index (χ1) is 8.93. The molecule has 102 valence electrons. The molecule has 4 heteroatoms. The number of para-hydroxylation sites is 1. The molecule has 0 saturated carbocycles. The largest absolute Gasteiger partial charge is 0.348 e. The zero-order valence-corrected chi connectivity index (χ0v) is 13.3. The number of hydrogen-bond donors (Lipinski definition) is 1. The first kappa shape index (κ1) is 14.1. The number of nitrogens with zero attached hydrogens (tertiary/aromatic N) is 1. The van der Waals surface area contributed by atoms with E-state index in [0.717, 1.165) is 15.4 Å². The van der Waals surface area contributed by atoms with Crippen LogP contribution >= 0.6 is 15.9 Å². The van der Waals surface area contributed by atoms with Gasteiger partial charge in [-0.2, -0.15) is 0 Å². The minimum atomic E-state index is -0.0354. The zero-order valence-electron chi connectivity index (χ0n) is 11.7. The average Bonchev–Trinajstić information content (AvgIpc) is 2.62. The number of benzene rings is 1. The van der Waals surface area contributed by atoms with Gasteiger partial charge in [0.25, 0.3) is 5.91 Å². The third-order valence-corrected chi connectivity index (χ3v) is 4.42. The topological polar surface area (TPSA) is 34.0 Å². The van der Waals surface area contributed by atoms with E-state index >= 15 is 0 Å². The van der Waals surface area contributed by atoms with E-state index in [9.17, 15) is 4.79 Å². The van der Waals surface area contributed by atoms with Crippen LogP contribution in [-0.4, -0.2) is 16.5 Å². The molecule has 0 aliphatic rings. The summed E-state index contributed by atoms with van der Waals surface area (Å²) in [6, 6.07) is 8.14. The SMILES string of the molecule is CC(C)C(C)NC(=O)c1c(Br)c2ccccc2n1C. The van der Waals surface area contributed by atoms with Crippen LogP contribution in [0.4, 0.5) is 0 Å². The standard InChI is InChI=1S/C15H19BrN2O/c1-9(2)10(3)17-15(19)14-13(16)11-7-5-6-8-12(11)18(14)4/h5-10H,1-4H3,(H,17,19). The second-order valence-electron chi connectivity index (χ2n) is 5.24. The van der Waals surface area contributed by atoms with Gasteiger partial charge in [-0.15, -0.1) is 0 Å². The summed E-state index contributed by atoms with van der Waals surface area (Å²) in [5.41, 5.74) is 1.73. The molecule has 0 fully saturated rings. The van der Waals surface area contributed by atoms with Gasteiger partial charge in [-0.1, -0.05) is 32.0 Å². The molecule has 0 radical (unpaired) electrons. The van der Waals surface area contributed by atoms with Crippen LogP contribution in [0.1, 0.15) is 31.3 Å². The zero-order chi connectivity index (χ0) is 14.2. The van der Waals surface area contributed by atoms with E-state index in [1.165, 1.54) is 0 Å². The first-order valence-electron chi connectivity index (χ1n) is 6.47. The molecule has 1 aromatic carbocycles. The van der Waals surface area contributed by atoms with E-state index in [2.05, 4.69) is 35.1 Å². The average molecular weight is 323 g/mol. The van der Waals surface area contributed by atoms with Crippen molar-refractivity contribution in [3.05, 3.63) is 34.4 Å². The highest BCUT2D eigenvalue weighted by Gasteiger charge is 2.21. The monoisotopic (exact) mass is 322 g/mol. The Morgan fingerprint density at radius 2 is 1.89 bits per heavy atom. The molecule has 19 heavy (non-hydrogen) atoms. The third-order valence-electron chi connectivity index (χ3n) is 3.62. The van der Waals surface area contributed by atoms with Crippen LogP contribution < -0.4 is 5.32 Å². The van der Waals surface area contributed by atoms with Crippen molar-refractivity contribution in [2.45, 2.75) is 26.8 Å². The predicted octanol–water partition coefficient (Wildman–Crippen LogP) is 3.72. The van der Waals surface area contributed by atoms with Crippen LogP contribution in [0.3, 0.4) is 0 Å². The molecule has 1 aromatic heterocycles. The van der Waals surface area contributed by atoms with Gasteiger partial charge in [0.1, 0.15) is 5.69 Å². The number of halogens is 1. The summed E-state index contributed by atoms with van der Waals surface area (Å²) >= 11 is 3.55. The van der Waals surface area contributed by atoms with Gasteiger partial charge in [0.15, 0.2) is 0 Å². The van der Waals surface area contributed by atoms with Gasteiger partial charge in [-0.25, -0.2) is 0 Å². The second-order valence-corrected chi connectivity index (χ2v) is 6.04. The number of hydrogen-bond acceptors (Lipinski definition) is 1. The number of rotatable bonds is 3. The Balaban J connectivity index is 2.43. The third kappa shape index (κ3) is 2.54. The number of amides is 1. The number of carbonyl (C=O) groups is 1. The molecular formula is C15H19BrN2O. The normalized spacial score (nSPS) is 12.9.